The Morgan fingerprint density at radius 2 is 2.13 bits per heavy atom. The van der Waals surface area contributed by atoms with E-state index in [1.165, 1.54) is 0 Å². The third-order valence-corrected chi connectivity index (χ3v) is 1.45. The minimum absolute atomic E-state index is 0.190. The summed E-state index contributed by atoms with van der Waals surface area (Å²) in [6, 6.07) is -0.190. The summed E-state index contributed by atoms with van der Waals surface area (Å²) < 4.78 is 5.05. The van der Waals surface area contributed by atoms with Crippen molar-refractivity contribution in [3.05, 3.63) is 0 Å². The average molecular weight is 212 g/mol. The van der Waals surface area contributed by atoms with Crippen LogP contribution in [0.4, 0.5) is 4.79 Å². The standard InChI is InChI=1S/C11H20N2O2/c1-5-6-9(12)7-8-13-10(14)15-11(2,3)4/h9H,7-8,12H2,1-4H3,(H,13,14)/t9-/m0/s1. The van der Waals surface area contributed by atoms with E-state index in [0.717, 1.165) is 0 Å². The maximum absolute atomic E-state index is 11.2. The fraction of sp³-hybridized carbons (Fsp3) is 0.727. The van der Waals surface area contributed by atoms with Crippen LogP contribution in [0.15, 0.2) is 0 Å². The van der Waals surface area contributed by atoms with E-state index in [-0.39, 0.29) is 6.04 Å². The molecule has 0 spiro atoms. The van der Waals surface area contributed by atoms with Crippen LogP contribution in [0.3, 0.4) is 0 Å². The number of amides is 1. The first-order valence-corrected chi connectivity index (χ1v) is 5.00. The molecule has 0 radical (unpaired) electrons. The van der Waals surface area contributed by atoms with E-state index >= 15 is 0 Å². The number of ether oxygens (including phenoxy) is 1. The van der Waals surface area contributed by atoms with Crippen LogP contribution in [-0.2, 0) is 4.74 Å². The van der Waals surface area contributed by atoms with Gasteiger partial charge < -0.3 is 15.8 Å². The molecule has 0 heterocycles. The highest BCUT2D eigenvalue weighted by molar-refractivity contribution is 5.67. The van der Waals surface area contributed by atoms with Gasteiger partial charge >= 0.3 is 6.09 Å². The lowest BCUT2D eigenvalue weighted by atomic mass is 10.2. The summed E-state index contributed by atoms with van der Waals surface area (Å²) in [4.78, 5) is 11.2. The van der Waals surface area contributed by atoms with Crippen molar-refractivity contribution >= 4 is 6.09 Å². The van der Waals surface area contributed by atoms with Gasteiger partial charge in [-0.2, -0.15) is 0 Å². The van der Waals surface area contributed by atoms with Crippen LogP contribution in [-0.4, -0.2) is 24.3 Å². The number of hydrogen-bond donors (Lipinski definition) is 2. The lowest BCUT2D eigenvalue weighted by molar-refractivity contribution is 0.0527. The second kappa shape index (κ2) is 6.31. The van der Waals surface area contributed by atoms with E-state index < -0.39 is 11.7 Å². The fourth-order valence-corrected chi connectivity index (χ4v) is 0.901. The van der Waals surface area contributed by atoms with Gasteiger partial charge in [-0.3, -0.25) is 0 Å². The van der Waals surface area contributed by atoms with E-state index in [9.17, 15) is 4.79 Å². The van der Waals surface area contributed by atoms with Gasteiger partial charge in [0.05, 0.1) is 6.04 Å². The molecule has 0 aliphatic rings. The van der Waals surface area contributed by atoms with Gasteiger partial charge in [0.15, 0.2) is 0 Å². The lowest BCUT2D eigenvalue weighted by Gasteiger charge is -2.19. The normalized spacial score (nSPS) is 12.3. The molecule has 4 nitrogen and oxygen atoms in total. The molecule has 0 saturated heterocycles. The number of hydrogen-bond acceptors (Lipinski definition) is 3. The van der Waals surface area contributed by atoms with Crippen molar-refractivity contribution < 1.29 is 9.53 Å². The van der Waals surface area contributed by atoms with Crippen molar-refractivity contribution in [1.82, 2.24) is 5.32 Å². The molecule has 0 aromatic heterocycles. The SMILES string of the molecule is CC#C[C@H](N)CCNC(=O)OC(C)(C)C. The number of carbonyl (C=O) groups is 1. The van der Waals surface area contributed by atoms with Crippen LogP contribution in [0.2, 0.25) is 0 Å². The van der Waals surface area contributed by atoms with Gasteiger partial charge in [0, 0.05) is 6.54 Å². The molecule has 1 amide bonds. The zero-order chi connectivity index (χ0) is 11.9. The summed E-state index contributed by atoms with van der Waals surface area (Å²) in [7, 11) is 0. The van der Waals surface area contributed by atoms with Gasteiger partial charge in [-0.05, 0) is 34.1 Å². The molecule has 0 saturated carbocycles. The number of rotatable bonds is 3. The van der Waals surface area contributed by atoms with Crippen LogP contribution >= 0.6 is 0 Å². The highest BCUT2D eigenvalue weighted by atomic mass is 16.6. The van der Waals surface area contributed by atoms with Gasteiger partial charge in [-0.1, -0.05) is 5.92 Å². The lowest BCUT2D eigenvalue weighted by Crippen LogP contribution is -2.34. The van der Waals surface area contributed by atoms with Gasteiger partial charge in [-0.25, -0.2) is 4.79 Å². The summed E-state index contributed by atoms with van der Waals surface area (Å²) in [5.41, 5.74) is 5.17. The second-order valence-electron chi connectivity index (χ2n) is 4.22. The van der Waals surface area contributed by atoms with Crippen LogP contribution < -0.4 is 11.1 Å². The van der Waals surface area contributed by atoms with Crippen molar-refractivity contribution in [2.45, 2.75) is 45.8 Å². The highest BCUT2D eigenvalue weighted by Gasteiger charge is 2.15. The first-order valence-electron chi connectivity index (χ1n) is 5.00. The first-order chi connectivity index (χ1) is 6.85. The molecule has 0 aromatic rings. The topological polar surface area (TPSA) is 64.3 Å². The predicted octanol–water partition coefficient (Wildman–Crippen LogP) is 1.25. The largest absolute Gasteiger partial charge is 0.444 e. The molecule has 0 fully saturated rings. The molecular formula is C11H20N2O2. The summed E-state index contributed by atoms with van der Waals surface area (Å²) in [5.74, 6) is 5.53. The number of nitrogens with one attached hydrogen (secondary N) is 1. The number of alkyl carbamates (subject to hydrolysis) is 1. The van der Waals surface area contributed by atoms with Crippen molar-refractivity contribution in [2.75, 3.05) is 6.54 Å². The smallest absolute Gasteiger partial charge is 0.407 e. The van der Waals surface area contributed by atoms with E-state index in [0.29, 0.717) is 13.0 Å². The van der Waals surface area contributed by atoms with Gasteiger partial charge in [-0.15, -0.1) is 5.92 Å². The van der Waals surface area contributed by atoms with Gasteiger partial charge in [0.2, 0.25) is 0 Å². The molecule has 0 aliphatic carbocycles. The van der Waals surface area contributed by atoms with E-state index in [1.807, 2.05) is 20.8 Å². The number of nitrogens with two attached hydrogens (primary N) is 1. The second-order valence-corrected chi connectivity index (χ2v) is 4.22. The maximum Gasteiger partial charge on any atom is 0.407 e. The molecule has 0 unspecified atom stereocenters. The summed E-state index contributed by atoms with van der Waals surface area (Å²) in [6.45, 7) is 7.68. The molecule has 4 heteroatoms. The van der Waals surface area contributed by atoms with Crippen LogP contribution in [0, 0.1) is 11.8 Å². The van der Waals surface area contributed by atoms with Gasteiger partial charge in [0.1, 0.15) is 5.60 Å². The minimum Gasteiger partial charge on any atom is -0.444 e. The molecule has 0 aromatic carbocycles. The van der Waals surface area contributed by atoms with Crippen LogP contribution in [0.5, 0.6) is 0 Å². The molecule has 3 N–H and O–H groups in total. The summed E-state index contributed by atoms with van der Waals surface area (Å²) >= 11 is 0. The monoisotopic (exact) mass is 212 g/mol. The first kappa shape index (κ1) is 13.8. The van der Waals surface area contributed by atoms with Crippen molar-refractivity contribution in [3.63, 3.8) is 0 Å². The zero-order valence-electron chi connectivity index (χ0n) is 9.89. The molecule has 0 bridgehead atoms. The quantitative estimate of drug-likeness (QED) is 0.692. The van der Waals surface area contributed by atoms with E-state index in [4.69, 9.17) is 10.5 Å². The Morgan fingerprint density at radius 1 is 1.53 bits per heavy atom. The Hall–Kier alpha value is -1.21. The summed E-state index contributed by atoms with van der Waals surface area (Å²) in [5, 5.41) is 2.62. The molecule has 15 heavy (non-hydrogen) atoms. The molecule has 0 aliphatic heterocycles. The van der Waals surface area contributed by atoms with Gasteiger partial charge in [0.25, 0.3) is 0 Å². The molecular weight excluding hydrogens is 192 g/mol. The third-order valence-electron chi connectivity index (χ3n) is 1.45. The zero-order valence-corrected chi connectivity index (χ0v) is 9.89. The Balaban J connectivity index is 3.67. The Morgan fingerprint density at radius 3 is 2.60 bits per heavy atom. The van der Waals surface area contributed by atoms with Crippen LogP contribution in [0.25, 0.3) is 0 Å². The van der Waals surface area contributed by atoms with Crippen LogP contribution in [0.1, 0.15) is 34.1 Å². The number of carbonyl (C=O) groups excluding carboxylic acids is 1. The van der Waals surface area contributed by atoms with Crippen molar-refractivity contribution in [2.24, 2.45) is 5.73 Å². The molecule has 1 atom stereocenters. The Labute approximate surface area is 91.6 Å². The average Bonchev–Trinajstić information content (AvgIpc) is 2.00. The molecule has 0 rings (SSSR count). The Bertz CT molecular complexity index is 258. The van der Waals surface area contributed by atoms with E-state index in [1.54, 1.807) is 6.92 Å². The fourth-order valence-electron chi connectivity index (χ4n) is 0.901. The highest BCUT2D eigenvalue weighted by Crippen LogP contribution is 2.06. The van der Waals surface area contributed by atoms with Crippen molar-refractivity contribution in [1.29, 1.82) is 0 Å². The third kappa shape index (κ3) is 9.10. The Kier molecular flexibility index (Phi) is 5.80. The summed E-state index contributed by atoms with van der Waals surface area (Å²) in [6.07, 6.45) is 0.208. The molecule has 86 valence electrons. The minimum atomic E-state index is -0.463. The van der Waals surface area contributed by atoms with E-state index in [2.05, 4.69) is 17.2 Å². The predicted molar refractivity (Wildman–Crippen MR) is 60.3 cm³/mol. The maximum atomic E-state index is 11.2. The van der Waals surface area contributed by atoms with Crippen molar-refractivity contribution in [3.8, 4) is 11.8 Å².